The summed E-state index contributed by atoms with van der Waals surface area (Å²) in [5.74, 6) is -0.178. The van der Waals surface area contributed by atoms with Gasteiger partial charge in [0.05, 0.1) is 0 Å². The molecule has 0 bridgehead atoms. The highest BCUT2D eigenvalue weighted by Crippen LogP contribution is 2.19. The summed E-state index contributed by atoms with van der Waals surface area (Å²) in [5, 5.41) is 0. The highest BCUT2D eigenvalue weighted by molar-refractivity contribution is 5.94. The first kappa shape index (κ1) is 13.5. The van der Waals surface area contributed by atoms with Gasteiger partial charge in [-0.2, -0.15) is 0 Å². The number of hydrogen-bond acceptors (Lipinski definition) is 3. The van der Waals surface area contributed by atoms with Gasteiger partial charge in [0, 0.05) is 36.2 Å². The summed E-state index contributed by atoms with van der Waals surface area (Å²) in [6, 6.07) is 7.22. The van der Waals surface area contributed by atoms with Gasteiger partial charge in [-0.3, -0.25) is 14.6 Å². The summed E-state index contributed by atoms with van der Waals surface area (Å²) >= 11 is 0. The van der Waals surface area contributed by atoms with Crippen LogP contribution in [0.1, 0.15) is 30.1 Å². The van der Waals surface area contributed by atoms with E-state index in [0.29, 0.717) is 5.69 Å². The molecule has 0 radical (unpaired) electrons. The van der Waals surface area contributed by atoms with Crippen molar-refractivity contribution in [2.45, 2.75) is 25.8 Å². The van der Waals surface area contributed by atoms with Crippen molar-refractivity contribution in [3.63, 3.8) is 0 Å². The van der Waals surface area contributed by atoms with Crippen LogP contribution in [0.2, 0.25) is 0 Å². The van der Waals surface area contributed by atoms with Gasteiger partial charge in [-0.1, -0.05) is 0 Å². The second-order valence-electron chi connectivity index (χ2n) is 5.34. The van der Waals surface area contributed by atoms with Crippen molar-refractivity contribution in [3.05, 3.63) is 52.6 Å². The average Bonchev–Trinajstić information content (AvgIpc) is 2.93. The molecular weight excluding hydrogens is 266 g/mol. The minimum absolute atomic E-state index is 0.178. The van der Waals surface area contributed by atoms with Crippen LogP contribution in [0.15, 0.2) is 41.5 Å². The highest BCUT2D eigenvalue weighted by atomic mass is 16.2. The lowest BCUT2D eigenvalue weighted by Gasteiger charge is -2.21. The molecule has 1 fully saturated rings. The van der Waals surface area contributed by atoms with Crippen molar-refractivity contribution in [2.75, 3.05) is 6.54 Å². The molecule has 1 aliphatic heterocycles. The van der Waals surface area contributed by atoms with E-state index >= 15 is 0 Å². The standard InChI is InChI=1S/C16H17N3O2/c1-11-3-2-10-19(11)16(21)13-4-5-14(18-15(13)20)12-6-8-17-9-7-12/h4-9,11H,2-3,10H2,1H3,(H,18,20)/t11-/m0/s1. The van der Waals surface area contributed by atoms with Gasteiger partial charge in [-0.25, -0.2) is 0 Å². The molecule has 5 nitrogen and oxygen atoms in total. The first-order valence-electron chi connectivity index (χ1n) is 7.11. The SMILES string of the molecule is C[C@H]1CCCN1C(=O)c1ccc(-c2ccncc2)[nH]c1=O. The van der Waals surface area contributed by atoms with Crippen LogP contribution in [0.3, 0.4) is 0 Å². The van der Waals surface area contributed by atoms with E-state index in [4.69, 9.17) is 0 Å². The lowest BCUT2D eigenvalue weighted by molar-refractivity contribution is 0.0745. The molecule has 0 unspecified atom stereocenters. The van der Waals surface area contributed by atoms with E-state index in [1.807, 2.05) is 19.1 Å². The molecule has 0 spiro atoms. The van der Waals surface area contributed by atoms with Crippen LogP contribution < -0.4 is 5.56 Å². The van der Waals surface area contributed by atoms with E-state index in [-0.39, 0.29) is 23.1 Å². The lowest BCUT2D eigenvalue weighted by atomic mass is 10.1. The van der Waals surface area contributed by atoms with Crippen molar-refractivity contribution in [3.8, 4) is 11.3 Å². The molecule has 1 atom stereocenters. The number of nitrogens with one attached hydrogen (secondary N) is 1. The van der Waals surface area contributed by atoms with Crippen LogP contribution in [0.5, 0.6) is 0 Å². The number of H-pyrrole nitrogens is 1. The normalized spacial score (nSPS) is 18.0. The Morgan fingerprint density at radius 1 is 1.29 bits per heavy atom. The van der Waals surface area contributed by atoms with Crippen molar-refractivity contribution in [2.24, 2.45) is 0 Å². The quantitative estimate of drug-likeness (QED) is 0.917. The summed E-state index contributed by atoms with van der Waals surface area (Å²) in [6.45, 7) is 2.75. The predicted molar refractivity (Wildman–Crippen MR) is 80.0 cm³/mol. The number of likely N-dealkylation sites (tertiary alicyclic amines) is 1. The van der Waals surface area contributed by atoms with Gasteiger partial charge in [0.1, 0.15) is 5.56 Å². The van der Waals surface area contributed by atoms with E-state index in [1.54, 1.807) is 29.4 Å². The van der Waals surface area contributed by atoms with Crippen molar-refractivity contribution in [1.82, 2.24) is 14.9 Å². The monoisotopic (exact) mass is 283 g/mol. The number of carbonyl (C=O) groups excluding carboxylic acids is 1. The van der Waals surface area contributed by atoms with Crippen LogP contribution in [0.4, 0.5) is 0 Å². The van der Waals surface area contributed by atoms with E-state index < -0.39 is 0 Å². The molecule has 1 saturated heterocycles. The summed E-state index contributed by atoms with van der Waals surface area (Å²) in [5.41, 5.74) is 1.43. The maximum absolute atomic E-state index is 12.4. The van der Waals surface area contributed by atoms with Crippen molar-refractivity contribution < 1.29 is 4.79 Å². The summed E-state index contributed by atoms with van der Waals surface area (Å²) < 4.78 is 0. The fraction of sp³-hybridized carbons (Fsp3) is 0.312. The van der Waals surface area contributed by atoms with Gasteiger partial charge in [-0.15, -0.1) is 0 Å². The third kappa shape index (κ3) is 2.59. The Morgan fingerprint density at radius 3 is 2.67 bits per heavy atom. The third-order valence-electron chi connectivity index (χ3n) is 3.95. The van der Waals surface area contributed by atoms with Gasteiger partial charge >= 0.3 is 0 Å². The number of rotatable bonds is 2. The highest BCUT2D eigenvalue weighted by Gasteiger charge is 2.27. The second kappa shape index (κ2) is 5.52. The molecule has 108 valence electrons. The Bertz CT molecular complexity index is 709. The van der Waals surface area contributed by atoms with E-state index in [9.17, 15) is 9.59 Å². The molecule has 3 heterocycles. The summed E-state index contributed by atoms with van der Waals surface area (Å²) in [4.78, 5) is 33.1. The molecule has 0 saturated carbocycles. The first-order valence-corrected chi connectivity index (χ1v) is 7.11. The fourth-order valence-electron chi connectivity index (χ4n) is 2.73. The number of pyridine rings is 2. The third-order valence-corrected chi connectivity index (χ3v) is 3.95. The van der Waals surface area contributed by atoms with Crippen LogP contribution >= 0.6 is 0 Å². The number of aromatic nitrogens is 2. The van der Waals surface area contributed by atoms with Crippen LogP contribution in [-0.4, -0.2) is 33.4 Å². The smallest absolute Gasteiger partial charge is 0.261 e. The van der Waals surface area contributed by atoms with Gasteiger partial charge in [0.25, 0.3) is 11.5 Å². The molecule has 3 rings (SSSR count). The van der Waals surface area contributed by atoms with Gasteiger partial charge < -0.3 is 9.88 Å². The molecule has 0 aliphatic carbocycles. The first-order chi connectivity index (χ1) is 10.2. The molecule has 2 aromatic rings. The van der Waals surface area contributed by atoms with Gasteiger partial charge in [-0.05, 0) is 44.0 Å². The molecule has 5 heteroatoms. The summed E-state index contributed by atoms with van der Waals surface area (Å²) in [6.07, 6.45) is 5.33. The Morgan fingerprint density at radius 2 is 2.05 bits per heavy atom. The molecule has 21 heavy (non-hydrogen) atoms. The number of amides is 1. The minimum Gasteiger partial charge on any atom is -0.336 e. The van der Waals surface area contributed by atoms with E-state index in [0.717, 1.165) is 24.9 Å². The zero-order valence-corrected chi connectivity index (χ0v) is 11.9. The largest absolute Gasteiger partial charge is 0.336 e. The predicted octanol–water partition coefficient (Wildman–Crippen LogP) is 2.06. The maximum Gasteiger partial charge on any atom is 0.261 e. The molecule has 1 aliphatic rings. The second-order valence-corrected chi connectivity index (χ2v) is 5.34. The zero-order chi connectivity index (χ0) is 14.8. The average molecular weight is 283 g/mol. The zero-order valence-electron chi connectivity index (χ0n) is 11.9. The Balaban J connectivity index is 1.92. The number of hydrogen-bond donors (Lipinski definition) is 1. The molecule has 2 aromatic heterocycles. The Labute approximate surface area is 122 Å². The van der Waals surface area contributed by atoms with Crippen LogP contribution in [0, 0.1) is 0 Å². The maximum atomic E-state index is 12.4. The van der Waals surface area contributed by atoms with E-state index in [2.05, 4.69) is 9.97 Å². The summed E-state index contributed by atoms with van der Waals surface area (Å²) in [7, 11) is 0. The van der Waals surface area contributed by atoms with Gasteiger partial charge in [0.2, 0.25) is 0 Å². The number of nitrogens with zero attached hydrogens (tertiary/aromatic N) is 2. The Hall–Kier alpha value is -2.43. The van der Waals surface area contributed by atoms with Crippen molar-refractivity contribution in [1.29, 1.82) is 0 Å². The molecular formula is C16H17N3O2. The Kier molecular flexibility index (Phi) is 3.56. The van der Waals surface area contributed by atoms with Crippen LogP contribution in [-0.2, 0) is 0 Å². The molecule has 1 N–H and O–H groups in total. The van der Waals surface area contributed by atoms with Crippen LogP contribution in [0.25, 0.3) is 11.3 Å². The fourth-order valence-corrected chi connectivity index (χ4v) is 2.73. The molecule has 1 amide bonds. The topological polar surface area (TPSA) is 66.1 Å². The molecule has 0 aromatic carbocycles. The number of aromatic amines is 1. The van der Waals surface area contributed by atoms with E-state index in [1.165, 1.54) is 0 Å². The minimum atomic E-state index is -0.339. The number of carbonyl (C=O) groups is 1. The van der Waals surface area contributed by atoms with Crippen molar-refractivity contribution >= 4 is 5.91 Å². The lowest BCUT2D eigenvalue weighted by Crippen LogP contribution is -2.36. The van der Waals surface area contributed by atoms with Gasteiger partial charge in [0.15, 0.2) is 0 Å².